The summed E-state index contributed by atoms with van der Waals surface area (Å²) in [4.78, 5) is 0. The second kappa shape index (κ2) is 5.76. The Labute approximate surface area is 106 Å². The van der Waals surface area contributed by atoms with Gasteiger partial charge in [0.15, 0.2) is 0 Å². The fraction of sp³-hybridized carbons (Fsp3) is 0.571. The van der Waals surface area contributed by atoms with Gasteiger partial charge in [-0.3, -0.25) is 0 Å². The van der Waals surface area contributed by atoms with Gasteiger partial charge in [0.1, 0.15) is 11.6 Å². The van der Waals surface area contributed by atoms with Gasteiger partial charge in [-0.05, 0) is 37.8 Å². The summed E-state index contributed by atoms with van der Waals surface area (Å²) in [5, 5.41) is 13.4. The van der Waals surface area contributed by atoms with E-state index in [4.69, 9.17) is 0 Å². The Morgan fingerprint density at radius 3 is 2.89 bits per heavy atom. The first-order valence-electron chi connectivity index (χ1n) is 6.42. The molecule has 3 unspecified atom stereocenters. The monoisotopic (exact) mass is 255 g/mol. The third kappa shape index (κ3) is 3.27. The van der Waals surface area contributed by atoms with Gasteiger partial charge in [-0.2, -0.15) is 0 Å². The number of benzene rings is 1. The van der Waals surface area contributed by atoms with Gasteiger partial charge in [-0.1, -0.05) is 13.0 Å². The van der Waals surface area contributed by atoms with Crippen LogP contribution in [0, 0.1) is 17.6 Å². The molecule has 1 aliphatic rings. The van der Waals surface area contributed by atoms with E-state index in [1.807, 2.05) is 0 Å². The standard InChI is InChI=1S/C14H19F2NO/c1-9-4-5-17-11(6-9)8-14(18)12-3-2-10(15)7-13(12)16/h2-3,7,9,11,14,17-18H,4-6,8H2,1H3. The molecule has 0 aliphatic carbocycles. The first-order chi connectivity index (χ1) is 8.56. The van der Waals surface area contributed by atoms with E-state index in [-0.39, 0.29) is 11.6 Å². The van der Waals surface area contributed by atoms with Crippen LogP contribution in [0.5, 0.6) is 0 Å². The third-order valence-electron chi connectivity index (χ3n) is 3.59. The first kappa shape index (κ1) is 13.4. The van der Waals surface area contributed by atoms with Crippen molar-refractivity contribution in [1.82, 2.24) is 5.32 Å². The topological polar surface area (TPSA) is 32.3 Å². The van der Waals surface area contributed by atoms with Gasteiger partial charge in [-0.25, -0.2) is 8.78 Å². The zero-order valence-electron chi connectivity index (χ0n) is 10.5. The minimum Gasteiger partial charge on any atom is -0.388 e. The molecular weight excluding hydrogens is 236 g/mol. The van der Waals surface area contributed by atoms with E-state index in [9.17, 15) is 13.9 Å². The number of hydrogen-bond acceptors (Lipinski definition) is 2. The fourth-order valence-electron chi connectivity index (χ4n) is 2.57. The molecule has 2 nitrogen and oxygen atoms in total. The Morgan fingerprint density at radius 1 is 1.44 bits per heavy atom. The van der Waals surface area contributed by atoms with Crippen LogP contribution in [-0.2, 0) is 0 Å². The molecule has 18 heavy (non-hydrogen) atoms. The number of hydrogen-bond donors (Lipinski definition) is 2. The van der Waals surface area contributed by atoms with Gasteiger partial charge in [0.25, 0.3) is 0 Å². The van der Waals surface area contributed by atoms with Crippen molar-refractivity contribution >= 4 is 0 Å². The second-order valence-corrected chi connectivity index (χ2v) is 5.20. The van der Waals surface area contributed by atoms with Gasteiger partial charge in [-0.15, -0.1) is 0 Å². The van der Waals surface area contributed by atoms with E-state index in [0.29, 0.717) is 12.3 Å². The maximum absolute atomic E-state index is 13.5. The van der Waals surface area contributed by atoms with Crippen molar-refractivity contribution in [1.29, 1.82) is 0 Å². The van der Waals surface area contributed by atoms with Crippen molar-refractivity contribution < 1.29 is 13.9 Å². The molecule has 3 atom stereocenters. The van der Waals surface area contributed by atoms with Crippen molar-refractivity contribution in [3.05, 3.63) is 35.4 Å². The van der Waals surface area contributed by atoms with Crippen LogP contribution in [0.1, 0.15) is 37.9 Å². The maximum atomic E-state index is 13.5. The molecule has 0 amide bonds. The van der Waals surface area contributed by atoms with E-state index < -0.39 is 17.7 Å². The maximum Gasteiger partial charge on any atom is 0.131 e. The Hall–Kier alpha value is -1.00. The highest BCUT2D eigenvalue weighted by Crippen LogP contribution is 2.26. The van der Waals surface area contributed by atoms with Gasteiger partial charge in [0.05, 0.1) is 6.10 Å². The molecule has 0 spiro atoms. The van der Waals surface area contributed by atoms with Crippen LogP contribution in [0.3, 0.4) is 0 Å². The van der Waals surface area contributed by atoms with E-state index in [0.717, 1.165) is 25.5 Å². The lowest BCUT2D eigenvalue weighted by molar-refractivity contribution is 0.134. The lowest BCUT2D eigenvalue weighted by Crippen LogP contribution is -2.38. The Morgan fingerprint density at radius 2 is 2.22 bits per heavy atom. The Kier molecular flexibility index (Phi) is 4.30. The van der Waals surface area contributed by atoms with Crippen LogP contribution in [0.2, 0.25) is 0 Å². The first-order valence-corrected chi connectivity index (χ1v) is 6.42. The summed E-state index contributed by atoms with van der Waals surface area (Å²) in [6.45, 7) is 3.11. The lowest BCUT2D eigenvalue weighted by atomic mass is 9.90. The quantitative estimate of drug-likeness (QED) is 0.870. The minimum absolute atomic E-state index is 0.177. The van der Waals surface area contributed by atoms with E-state index in [2.05, 4.69) is 12.2 Å². The normalized spacial score (nSPS) is 26.0. The number of nitrogens with one attached hydrogen (secondary N) is 1. The SMILES string of the molecule is CC1CCNC(CC(O)c2ccc(F)cc2F)C1. The summed E-state index contributed by atoms with van der Waals surface area (Å²) in [5.74, 6) is -0.666. The summed E-state index contributed by atoms with van der Waals surface area (Å²) in [5.41, 5.74) is 0.177. The van der Waals surface area contributed by atoms with E-state index in [1.165, 1.54) is 12.1 Å². The largest absolute Gasteiger partial charge is 0.388 e. The second-order valence-electron chi connectivity index (χ2n) is 5.20. The molecule has 1 saturated heterocycles. The number of aliphatic hydroxyl groups is 1. The number of aliphatic hydroxyl groups excluding tert-OH is 1. The Bertz CT molecular complexity index is 411. The van der Waals surface area contributed by atoms with Gasteiger partial charge in [0, 0.05) is 17.7 Å². The molecule has 1 aromatic carbocycles. The number of halogens is 2. The van der Waals surface area contributed by atoms with E-state index >= 15 is 0 Å². The highest BCUT2D eigenvalue weighted by atomic mass is 19.1. The molecule has 100 valence electrons. The molecule has 1 fully saturated rings. The smallest absolute Gasteiger partial charge is 0.131 e. The zero-order valence-corrected chi connectivity index (χ0v) is 10.5. The van der Waals surface area contributed by atoms with Crippen LogP contribution < -0.4 is 5.32 Å². The molecule has 0 aromatic heterocycles. The van der Waals surface area contributed by atoms with Gasteiger partial charge < -0.3 is 10.4 Å². The van der Waals surface area contributed by atoms with Crippen LogP contribution >= 0.6 is 0 Å². The lowest BCUT2D eigenvalue weighted by Gasteiger charge is -2.29. The minimum atomic E-state index is -0.881. The summed E-state index contributed by atoms with van der Waals surface area (Å²) in [6.07, 6.45) is 1.71. The average molecular weight is 255 g/mol. The summed E-state index contributed by atoms with van der Waals surface area (Å²) < 4.78 is 26.3. The molecule has 0 radical (unpaired) electrons. The summed E-state index contributed by atoms with van der Waals surface area (Å²) in [6, 6.07) is 3.52. The number of piperidine rings is 1. The zero-order chi connectivity index (χ0) is 13.1. The Balaban J connectivity index is 2.00. The highest BCUT2D eigenvalue weighted by molar-refractivity contribution is 5.21. The van der Waals surface area contributed by atoms with Crippen LogP contribution in [0.15, 0.2) is 18.2 Å². The molecule has 0 saturated carbocycles. The van der Waals surface area contributed by atoms with Crippen molar-refractivity contribution in [3.63, 3.8) is 0 Å². The predicted octanol–water partition coefficient (Wildman–Crippen LogP) is 2.78. The average Bonchev–Trinajstić information content (AvgIpc) is 2.28. The van der Waals surface area contributed by atoms with E-state index in [1.54, 1.807) is 0 Å². The molecule has 1 aromatic rings. The molecular formula is C14H19F2NO. The van der Waals surface area contributed by atoms with Crippen molar-refractivity contribution in [2.75, 3.05) is 6.54 Å². The van der Waals surface area contributed by atoms with Crippen molar-refractivity contribution in [3.8, 4) is 0 Å². The van der Waals surface area contributed by atoms with Crippen LogP contribution in [0.25, 0.3) is 0 Å². The molecule has 4 heteroatoms. The number of rotatable bonds is 3. The van der Waals surface area contributed by atoms with Crippen LogP contribution in [-0.4, -0.2) is 17.7 Å². The summed E-state index contributed by atoms with van der Waals surface area (Å²) in [7, 11) is 0. The molecule has 2 N–H and O–H groups in total. The van der Waals surface area contributed by atoms with Crippen molar-refractivity contribution in [2.45, 2.75) is 38.3 Å². The fourth-order valence-corrected chi connectivity index (χ4v) is 2.57. The molecule has 1 aliphatic heterocycles. The predicted molar refractivity (Wildman–Crippen MR) is 66.1 cm³/mol. The molecule has 1 heterocycles. The van der Waals surface area contributed by atoms with Crippen molar-refractivity contribution in [2.24, 2.45) is 5.92 Å². The van der Waals surface area contributed by atoms with Crippen LogP contribution in [0.4, 0.5) is 8.78 Å². The summed E-state index contributed by atoms with van der Waals surface area (Å²) >= 11 is 0. The highest BCUT2D eigenvalue weighted by Gasteiger charge is 2.23. The van der Waals surface area contributed by atoms with Gasteiger partial charge >= 0.3 is 0 Å². The van der Waals surface area contributed by atoms with Gasteiger partial charge in [0.2, 0.25) is 0 Å². The molecule has 0 bridgehead atoms. The molecule has 2 rings (SSSR count). The third-order valence-corrected chi connectivity index (χ3v) is 3.59.